The van der Waals surface area contributed by atoms with E-state index < -0.39 is 0 Å². The van der Waals surface area contributed by atoms with Gasteiger partial charge < -0.3 is 4.90 Å². The lowest BCUT2D eigenvalue weighted by molar-refractivity contribution is 0.112. The van der Waals surface area contributed by atoms with E-state index in [1.165, 1.54) is 25.5 Å². The van der Waals surface area contributed by atoms with Crippen molar-refractivity contribution in [3.05, 3.63) is 88.1 Å². The normalized spacial score (nSPS) is 12.5. The summed E-state index contributed by atoms with van der Waals surface area (Å²) in [5.41, 5.74) is 2.86. The number of nitrogens with zero attached hydrogens (tertiary/aromatic N) is 1. The number of thiophene rings is 1. The van der Waals surface area contributed by atoms with Gasteiger partial charge in [0.1, 0.15) is 11.3 Å². The molecule has 30 heavy (non-hydrogen) atoms. The third-order valence-electron chi connectivity index (χ3n) is 5.22. The van der Waals surface area contributed by atoms with E-state index in [1.54, 1.807) is 0 Å². The van der Waals surface area contributed by atoms with Crippen molar-refractivity contribution in [2.24, 2.45) is 0 Å². The number of fused-ring (bicyclic) bond motifs is 1. The Balaban J connectivity index is 1.97. The van der Waals surface area contributed by atoms with Crippen LogP contribution in [0.3, 0.4) is 0 Å². The first-order chi connectivity index (χ1) is 14.7. The zero-order valence-corrected chi connectivity index (χ0v) is 18.2. The zero-order chi connectivity index (χ0) is 20.9. The number of anilines is 3. The van der Waals surface area contributed by atoms with Crippen molar-refractivity contribution < 1.29 is 4.79 Å². The van der Waals surface area contributed by atoms with Crippen molar-refractivity contribution in [3.8, 4) is 0 Å². The topological polar surface area (TPSA) is 20.3 Å². The highest BCUT2D eigenvalue weighted by molar-refractivity contribution is 7.14. The van der Waals surface area contributed by atoms with Crippen molar-refractivity contribution in [1.82, 2.24) is 0 Å². The van der Waals surface area contributed by atoms with Crippen molar-refractivity contribution in [1.29, 1.82) is 0 Å². The van der Waals surface area contributed by atoms with Crippen LogP contribution in [-0.4, -0.2) is 6.29 Å². The highest BCUT2D eigenvalue weighted by atomic mass is 32.1. The molecule has 0 amide bonds. The average molecular weight is 412 g/mol. The van der Waals surface area contributed by atoms with Crippen molar-refractivity contribution in [2.45, 2.75) is 26.7 Å². The summed E-state index contributed by atoms with van der Waals surface area (Å²) in [6.45, 7) is 4.30. The summed E-state index contributed by atoms with van der Waals surface area (Å²) in [5.74, 6) is 0. The quantitative estimate of drug-likeness (QED) is 0.335. The summed E-state index contributed by atoms with van der Waals surface area (Å²) >= 11 is 1.81. The van der Waals surface area contributed by atoms with Gasteiger partial charge in [-0.1, -0.05) is 61.9 Å². The SMILES string of the molecule is C/C=c1\cc(N(c2ccc(C=O)cc2)c2cccc3ccccc23)s\c1=C/CCC. The number of rotatable bonds is 6. The smallest absolute Gasteiger partial charge is 0.150 e. The summed E-state index contributed by atoms with van der Waals surface area (Å²) in [6.07, 6.45) is 7.61. The van der Waals surface area contributed by atoms with Gasteiger partial charge in [-0.2, -0.15) is 0 Å². The van der Waals surface area contributed by atoms with Crippen molar-refractivity contribution in [3.63, 3.8) is 0 Å². The predicted octanol–water partition coefficient (Wildman–Crippen LogP) is 6.56. The molecule has 0 saturated heterocycles. The molecule has 0 bridgehead atoms. The fourth-order valence-electron chi connectivity index (χ4n) is 3.67. The molecule has 4 rings (SSSR count). The van der Waals surface area contributed by atoms with Crippen molar-refractivity contribution in [2.75, 3.05) is 4.90 Å². The van der Waals surface area contributed by atoms with Crippen LogP contribution < -0.4 is 14.7 Å². The maximum atomic E-state index is 11.2. The summed E-state index contributed by atoms with van der Waals surface area (Å²) in [7, 11) is 0. The molecule has 4 aromatic rings. The molecular formula is C27H25NOS. The monoisotopic (exact) mass is 411 g/mol. The Morgan fingerprint density at radius 2 is 1.73 bits per heavy atom. The Bertz CT molecular complexity index is 1280. The van der Waals surface area contributed by atoms with Crippen LogP contribution in [0.5, 0.6) is 0 Å². The third kappa shape index (κ3) is 3.94. The Hall–Kier alpha value is -3.17. The molecule has 0 aliphatic heterocycles. The number of aldehydes is 1. The van der Waals surface area contributed by atoms with E-state index in [1.807, 2.05) is 35.6 Å². The molecule has 3 aromatic carbocycles. The molecule has 2 nitrogen and oxygen atoms in total. The van der Waals surface area contributed by atoms with Gasteiger partial charge in [-0.05, 0) is 60.3 Å². The fourth-order valence-corrected chi connectivity index (χ4v) is 4.87. The number of hydrogen-bond acceptors (Lipinski definition) is 3. The second kappa shape index (κ2) is 9.10. The fraction of sp³-hybridized carbons (Fsp3) is 0.148. The number of hydrogen-bond donors (Lipinski definition) is 0. The van der Waals surface area contributed by atoms with Crippen LogP contribution in [0.1, 0.15) is 37.0 Å². The molecular weight excluding hydrogens is 386 g/mol. The van der Waals surface area contributed by atoms with Gasteiger partial charge in [0, 0.05) is 21.2 Å². The Kier molecular flexibility index (Phi) is 6.10. The van der Waals surface area contributed by atoms with E-state index in [2.05, 4.69) is 79.4 Å². The minimum absolute atomic E-state index is 0.683. The van der Waals surface area contributed by atoms with E-state index in [0.717, 1.165) is 30.5 Å². The Morgan fingerprint density at radius 1 is 0.967 bits per heavy atom. The third-order valence-corrected chi connectivity index (χ3v) is 6.35. The summed E-state index contributed by atoms with van der Waals surface area (Å²) in [4.78, 5) is 13.5. The highest BCUT2D eigenvalue weighted by Gasteiger charge is 2.16. The van der Waals surface area contributed by atoms with E-state index in [4.69, 9.17) is 0 Å². The molecule has 1 aromatic heterocycles. The minimum atomic E-state index is 0.683. The number of benzene rings is 3. The van der Waals surface area contributed by atoms with Crippen LogP contribution in [0.25, 0.3) is 22.9 Å². The molecule has 0 N–H and O–H groups in total. The lowest BCUT2D eigenvalue weighted by Gasteiger charge is -2.25. The van der Waals surface area contributed by atoms with Crippen LogP contribution in [0.15, 0.2) is 72.8 Å². The van der Waals surface area contributed by atoms with E-state index in [9.17, 15) is 4.79 Å². The van der Waals surface area contributed by atoms with Crippen LogP contribution in [0.2, 0.25) is 0 Å². The first-order valence-corrected chi connectivity index (χ1v) is 11.2. The molecule has 0 saturated carbocycles. The number of carbonyl (C=O) groups is 1. The first-order valence-electron chi connectivity index (χ1n) is 10.3. The lowest BCUT2D eigenvalue weighted by atomic mass is 10.1. The molecule has 0 atom stereocenters. The molecule has 0 radical (unpaired) electrons. The maximum Gasteiger partial charge on any atom is 0.150 e. The van der Waals surface area contributed by atoms with Crippen LogP contribution in [0, 0.1) is 0 Å². The van der Waals surface area contributed by atoms with E-state index in [0.29, 0.717) is 5.56 Å². The van der Waals surface area contributed by atoms with Gasteiger partial charge in [0.2, 0.25) is 0 Å². The van der Waals surface area contributed by atoms with Crippen LogP contribution >= 0.6 is 11.3 Å². The number of carbonyl (C=O) groups excluding carboxylic acids is 1. The van der Waals surface area contributed by atoms with Crippen molar-refractivity contribution >= 4 is 56.9 Å². The second-order valence-electron chi connectivity index (χ2n) is 7.23. The van der Waals surface area contributed by atoms with Gasteiger partial charge in [-0.3, -0.25) is 4.79 Å². The summed E-state index contributed by atoms with van der Waals surface area (Å²) in [6, 6.07) is 25.0. The molecule has 0 aliphatic carbocycles. The number of unbranched alkanes of at least 4 members (excludes halogenated alkanes) is 1. The molecule has 0 fully saturated rings. The standard InChI is InChI=1S/C27H25NOS/c1-3-5-13-26-21(4-2)18-27(30-26)28(23-16-14-20(19-29)15-17-23)25-12-8-10-22-9-6-7-11-24(22)25/h4,6-19H,3,5H2,1-2H3/b21-4+,26-13-. The summed E-state index contributed by atoms with van der Waals surface area (Å²) in [5, 5.41) is 4.84. The maximum absolute atomic E-state index is 11.2. The molecule has 3 heteroatoms. The average Bonchev–Trinajstić information content (AvgIpc) is 3.21. The van der Waals surface area contributed by atoms with Gasteiger partial charge >= 0.3 is 0 Å². The molecule has 0 aliphatic rings. The minimum Gasteiger partial charge on any atom is -0.301 e. The van der Waals surface area contributed by atoms with Gasteiger partial charge in [-0.25, -0.2) is 0 Å². The van der Waals surface area contributed by atoms with Gasteiger partial charge in [0.05, 0.1) is 5.69 Å². The van der Waals surface area contributed by atoms with E-state index in [-0.39, 0.29) is 0 Å². The molecule has 150 valence electrons. The Labute approximate surface area is 181 Å². The Morgan fingerprint density at radius 3 is 2.47 bits per heavy atom. The van der Waals surface area contributed by atoms with E-state index >= 15 is 0 Å². The second-order valence-corrected chi connectivity index (χ2v) is 8.29. The lowest BCUT2D eigenvalue weighted by Crippen LogP contribution is -2.16. The van der Waals surface area contributed by atoms with Crippen LogP contribution in [-0.2, 0) is 0 Å². The molecule has 0 spiro atoms. The van der Waals surface area contributed by atoms with Gasteiger partial charge in [-0.15, -0.1) is 11.3 Å². The van der Waals surface area contributed by atoms with Gasteiger partial charge in [0.15, 0.2) is 0 Å². The largest absolute Gasteiger partial charge is 0.301 e. The zero-order valence-electron chi connectivity index (χ0n) is 17.3. The molecule has 0 unspecified atom stereocenters. The molecule has 1 heterocycles. The highest BCUT2D eigenvalue weighted by Crippen LogP contribution is 2.39. The van der Waals surface area contributed by atoms with Crippen LogP contribution in [0.4, 0.5) is 16.4 Å². The predicted molar refractivity (Wildman–Crippen MR) is 131 cm³/mol. The summed E-state index contributed by atoms with van der Waals surface area (Å²) < 4.78 is 1.31. The first kappa shape index (κ1) is 20.1. The van der Waals surface area contributed by atoms with Gasteiger partial charge in [0.25, 0.3) is 0 Å².